The maximum atomic E-state index is 12.5. The van der Waals surface area contributed by atoms with Crippen LogP contribution in [-0.4, -0.2) is 87.5 Å². The molecule has 310 valence electrons. The smallest absolute Gasteiger partial charge is 0.790 e. The number of aliphatic hydroxyl groups excluding tert-OH is 1. The molecule has 59 heavy (non-hydrogen) atoms. The number of phosphoric acid groups is 3. The number of unbranched alkanes of at least 4 members (excludes halogenated alkanes) is 3. The van der Waals surface area contributed by atoms with Gasteiger partial charge in [0, 0.05) is 49.6 Å². The number of nitrogens with zero attached hydrogens (tertiary/aromatic N) is 1. The Labute approximate surface area is 391 Å². The first-order valence-electron chi connectivity index (χ1n) is 17.1. The van der Waals surface area contributed by atoms with Gasteiger partial charge in [-0.05, 0) is 25.7 Å². The summed E-state index contributed by atoms with van der Waals surface area (Å²) in [6.45, 7) is -0.535. The van der Waals surface area contributed by atoms with E-state index in [1.807, 2.05) is 11.8 Å². The number of carbonyl (C=O) groups excluding carboxylic acids is 3. The molecule has 4 rings (SSSR count). The number of carbonyl (C=O) groups is 3. The van der Waals surface area contributed by atoms with Crippen LogP contribution in [0.25, 0.3) is 6.08 Å². The first-order chi connectivity index (χ1) is 25.8. The number of aromatic amines is 1. The average Bonchev–Trinajstić information content (AvgIpc) is 3.74. The molecule has 6 N–H and O–H groups in total. The molecule has 0 radical (unpaired) electrons. The molecule has 4 amide bonds. The van der Waals surface area contributed by atoms with Crippen molar-refractivity contribution in [3.8, 4) is 0 Å². The van der Waals surface area contributed by atoms with E-state index in [0.29, 0.717) is 37.5 Å². The summed E-state index contributed by atoms with van der Waals surface area (Å²) in [4.78, 5) is 107. The van der Waals surface area contributed by atoms with Crippen LogP contribution in [0.3, 0.4) is 0 Å². The van der Waals surface area contributed by atoms with Crippen LogP contribution in [0.2, 0.25) is 0 Å². The number of aromatic nitrogens is 2. The number of aliphatic hydroxyl groups is 1. The summed E-state index contributed by atoms with van der Waals surface area (Å²) >= 11 is 1.84. The Morgan fingerprint density at radius 1 is 0.932 bits per heavy atom. The van der Waals surface area contributed by atoms with Crippen molar-refractivity contribution in [1.82, 2.24) is 30.8 Å². The van der Waals surface area contributed by atoms with Crippen LogP contribution in [0.4, 0.5) is 4.79 Å². The van der Waals surface area contributed by atoms with Gasteiger partial charge in [-0.3, -0.25) is 37.4 Å². The number of hydrogen-bond acceptors (Lipinski definition) is 18. The van der Waals surface area contributed by atoms with Crippen LogP contribution < -0.4 is 128 Å². The van der Waals surface area contributed by atoms with Gasteiger partial charge in [0.1, 0.15) is 12.3 Å². The molecule has 1 aromatic rings. The van der Waals surface area contributed by atoms with E-state index in [4.69, 9.17) is 4.74 Å². The number of urea groups is 1. The van der Waals surface area contributed by atoms with E-state index >= 15 is 0 Å². The molecule has 23 nitrogen and oxygen atoms in total. The Bertz CT molecular complexity index is 1840. The zero-order chi connectivity index (χ0) is 40.4. The minimum Gasteiger partial charge on any atom is -0.790 e. The molecule has 3 fully saturated rings. The van der Waals surface area contributed by atoms with Crippen molar-refractivity contribution < 1.29 is 146 Å². The minimum absolute atomic E-state index is 0. The summed E-state index contributed by atoms with van der Waals surface area (Å²) in [5.74, 6) is 0.629. The molecule has 0 aromatic carbocycles. The summed E-state index contributed by atoms with van der Waals surface area (Å²) in [5, 5.41) is 22.1. The van der Waals surface area contributed by atoms with Crippen LogP contribution in [0.1, 0.15) is 69.6 Å². The summed E-state index contributed by atoms with van der Waals surface area (Å²) < 4.78 is 50.7. The predicted molar refractivity (Wildman–Crippen MR) is 184 cm³/mol. The largest absolute Gasteiger partial charge is 1.00 e. The van der Waals surface area contributed by atoms with Crippen molar-refractivity contribution in [2.75, 3.05) is 25.4 Å². The van der Waals surface area contributed by atoms with Gasteiger partial charge in [0.15, 0.2) is 0 Å². The molecule has 3 aliphatic rings. The van der Waals surface area contributed by atoms with E-state index < -0.39 is 59.8 Å². The Hall–Kier alpha value is -0.300. The predicted octanol–water partition coefficient (Wildman–Crippen LogP) is -14.5. The van der Waals surface area contributed by atoms with Gasteiger partial charge < -0.3 is 59.8 Å². The van der Waals surface area contributed by atoms with Crippen molar-refractivity contribution in [3.05, 3.63) is 38.7 Å². The zero-order valence-electron chi connectivity index (χ0n) is 33.1. The van der Waals surface area contributed by atoms with Gasteiger partial charge >= 0.3 is 87.2 Å². The zero-order valence-corrected chi connectivity index (χ0v) is 36.6. The summed E-state index contributed by atoms with van der Waals surface area (Å²) in [6.07, 6.45) is 4.55. The molecule has 0 saturated carbocycles. The Balaban J connectivity index is 0.00000841. The first-order valence-corrected chi connectivity index (χ1v) is 22.5. The molecule has 0 aliphatic carbocycles. The van der Waals surface area contributed by atoms with Crippen LogP contribution in [0, 0.1) is 0 Å². The standard InChI is InChI=1S/C28H45N6O17P3S.4Li/c35-19-13-24(49-20(19)15-48-53(44,45)51-54(46,47)50-52(41,42)43)34-14-17(26(38)33-28(34)40)7-6-12-30-22(36)9-2-1-5-11-29-23(37)10-4-3-8-21-25-18(16-55-21)31-27(39)32-25;;;;/h6-7,14,18-21,24-25,35H,1-5,8-13,15-16H2,(H,29,37)(H,30,36)(H,44,45)(H,46,47)(H2,31,32,39)(H,33,38,40)(H2,41,42,43);;;;/q;4*+1/p-4/t18-,19+,20+,21-,24+,25-;;;;/m0..../s1. The number of H-pyrrole nitrogens is 1. The summed E-state index contributed by atoms with van der Waals surface area (Å²) in [5.41, 5.74) is -1.79. The Kier molecular flexibility index (Phi) is 27.0. The molecule has 4 heterocycles. The van der Waals surface area contributed by atoms with Gasteiger partial charge in [0.25, 0.3) is 21.2 Å². The Morgan fingerprint density at radius 2 is 1.59 bits per heavy atom. The molecule has 1 aromatic heterocycles. The molecule has 31 heteroatoms. The molecular weight excluding hydrogens is 845 g/mol. The van der Waals surface area contributed by atoms with E-state index in [2.05, 4.69) is 39.4 Å². The minimum atomic E-state index is -6.20. The van der Waals surface area contributed by atoms with Gasteiger partial charge in [-0.15, -0.1) is 0 Å². The van der Waals surface area contributed by atoms with Crippen LogP contribution in [0.15, 0.2) is 21.9 Å². The average molecular weight is 886 g/mol. The molecule has 0 bridgehead atoms. The molecule has 2 unspecified atom stereocenters. The van der Waals surface area contributed by atoms with Crippen LogP contribution in [0.5, 0.6) is 0 Å². The molecule has 8 atom stereocenters. The fourth-order valence-electron chi connectivity index (χ4n) is 5.94. The fourth-order valence-corrected chi connectivity index (χ4v) is 10.4. The van der Waals surface area contributed by atoms with Gasteiger partial charge in [-0.2, -0.15) is 11.8 Å². The maximum absolute atomic E-state index is 12.5. The van der Waals surface area contributed by atoms with Gasteiger partial charge in [0.05, 0.1) is 38.2 Å². The number of rotatable bonds is 22. The van der Waals surface area contributed by atoms with Gasteiger partial charge in [-0.25, -0.2) is 13.9 Å². The topological polar surface area (TPSA) is 355 Å². The number of thioether (sulfide) groups is 1. The van der Waals surface area contributed by atoms with E-state index in [-0.39, 0.29) is 130 Å². The first kappa shape index (κ1) is 58.7. The maximum Gasteiger partial charge on any atom is 1.00 e. The molecule has 3 aliphatic heterocycles. The molecular formula is C28H41Li4N6O17P3S. The number of amides is 4. The van der Waals surface area contributed by atoms with Crippen molar-refractivity contribution in [1.29, 1.82) is 0 Å². The SMILES string of the molecule is O=C(CCCCCNC(=O)CCCC[C@@H]1SC[C@@H]2NC(=O)N[C@@H]21)NCC=Cc1cn([C@H]2C[C@@H](O)[C@@H](COP(=O)([O-])OP(=O)([O-])OP(=O)([O-])[O-])O2)c(=O)[nH]c1=O.[Li+].[Li+].[Li+].[Li+]. The third-order valence-corrected chi connectivity index (χ3v) is 13.7. The number of hydrogen-bond donors (Lipinski definition) is 6. The third-order valence-electron chi connectivity index (χ3n) is 8.50. The van der Waals surface area contributed by atoms with Crippen LogP contribution in [-0.2, 0) is 41.2 Å². The number of fused-ring (bicyclic) bond motifs is 1. The van der Waals surface area contributed by atoms with E-state index in [9.17, 15) is 62.3 Å². The van der Waals surface area contributed by atoms with Gasteiger partial charge in [0.2, 0.25) is 11.8 Å². The van der Waals surface area contributed by atoms with E-state index in [0.717, 1.165) is 35.8 Å². The number of phosphoric ester groups is 1. The van der Waals surface area contributed by atoms with Crippen molar-refractivity contribution in [3.63, 3.8) is 0 Å². The van der Waals surface area contributed by atoms with Crippen LogP contribution >= 0.6 is 35.2 Å². The second-order valence-corrected chi connectivity index (χ2v) is 18.2. The third kappa shape index (κ3) is 20.4. The van der Waals surface area contributed by atoms with Crippen molar-refractivity contribution >= 4 is 59.2 Å². The van der Waals surface area contributed by atoms with Gasteiger partial charge in [-0.1, -0.05) is 25.0 Å². The van der Waals surface area contributed by atoms with E-state index in [1.54, 1.807) is 0 Å². The molecule has 0 spiro atoms. The van der Waals surface area contributed by atoms with E-state index in [1.165, 1.54) is 12.2 Å². The molecule has 3 saturated heterocycles. The normalized spacial score (nSPS) is 24.1. The second-order valence-electron chi connectivity index (χ2n) is 12.7. The van der Waals surface area contributed by atoms with Crippen molar-refractivity contribution in [2.45, 2.75) is 93.6 Å². The number of nitrogens with one attached hydrogen (secondary N) is 5. The quantitative estimate of drug-likeness (QED) is 0.0272. The fraction of sp³-hybridized carbons (Fsp3) is 0.679. The van der Waals surface area contributed by atoms with Crippen molar-refractivity contribution in [2.24, 2.45) is 0 Å². The second kappa shape index (κ2) is 27.1. The summed E-state index contributed by atoms with van der Waals surface area (Å²) in [6, 6.07) is 0.223. The number of ether oxygens (including phenoxy) is 1. The summed E-state index contributed by atoms with van der Waals surface area (Å²) in [7, 11) is -18.2. The Morgan fingerprint density at radius 3 is 2.27 bits per heavy atom. The monoisotopic (exact) mass is 886 g/mol.